The van der Waals surface area contributed by atoms with Crippen molar-refractivity contribution >= 4 is 0 Å². The van der Waals surface area contributed by atoms with Crippen molar-refractivity contribution in [3.63, 3.8) is 0 Å². The zero-order valence-corrected chi connectivity index (χ0v) is 9.84. The molecule has 2 aromatic carbocycles. The maximum absolute atomic E-state index is 9.55. The van der Waals surface area contributed by atoms with Gasteiger partial charge in [0.05, 0.1) is 6.61 Å². The second-order valence-electron chi connectivity index (χ2n) is 3.91. The van der Waals surface area contributed by atoms with E-state index in [4.69, 9.17) is 9.94 Å². The molecule has 94 valence electrons. The summed E-state index contributed by atoms with van der Waals surface area (Å²) in [5, 5.41) is 18.7. The van der Waals surface area contributed by atoms with Gasteiger partial charge in [-0.25, -0.2) is 0 Å². The fourth-order valence-corrected chi connectivity index (χ4v) is 1.54. The van der Waals surface area contributed by atoms with E-state index in [-0.39, 0.29) is 11.5 Å². The molecule has 0 fully saturated rings. The summed E-state index contributed by atoms with van der Waals surface area (Å²) in [5.74, 6) is 0.0901. The number of phenols is 2. The van der Waals surface area contributed by atoms with Crippen molar-refractivity contribution in [2.24, 2.45) is 0 Å². The predicted octanol–water partition coefficient (Wildman–Crippen LogP) is 2.32. The van der Waals surface area contributed by atoms with E-state index in [1.807, 2.05) is 30.3 Å². The van der Waals surface area contributed by atoms with Crippen LogP contribution in [-0.4, -0.2) is 10.2 Å². The van der Waals surface area contributed by atoms with Gasteiger partial charge in [0.2, 0.25) is 0 Å². The second kappa shape index (κ2) is 6.05. The van der Waals surface area contributed by atoms with Gasteiger partial charge in [-0.05, 0) is 11.6 Å². The Labute approximate surface area is 105 Å². The van der Waals surface area contributed by atoms with Gasteiger partial charge in [0.15, 0.2) is 0 Å². The minimum atomic E-state index is 0.0430. The van der Waals surface area contributed by atoms with Gasteiger partial charge >= 0.3 is 0 Å². The summed E-state index contributed by atoms with van der Waals surface area (Å²) in [6.07, 6.45) is 0. The monoisotopic (exact) mass is 245 g/mol. The molecule has 0 saturated carbocycles. The van der Waals surface area contributed by atoms with E-state index in [9.17, 15) is 5.11 Å². The molecule has 2 aromatic rings. The summed E-state index contributed by atoms with van der Waals surface area (Å²) < 4.78 is 0. The first-order chi connectivity index (χ1) is 8.75. The molecule has 0 saturated heterocycles. The lowest BCUT2D eigenvalue weighted by Gasteiger charge is -2.07. The van der Waals surface area contributed by atoms with Crippen molar-refractivity contribution in [2.75, 3.05) is 0 Å². The fraction of sp³-hybridized carbons (Fsp3) is 0.143. The summed E-state index contributed by atoms with van der Waals surface area (Å²) in [7, 11) is 0. The molecule has 0 aliphatic carbocycles. The van der Waals surface area contributed by atoms with Gasteiger partial charge in [0.25, 0.3) is 0 Å². The molecule has 18 heavy (non-hydrogen) atoms. The highest BCUT2D eigenvalue weighted by atomic mass is 16.6. The van der Waals surface area contributed by atoms with Crippen LogP contribution < -0.4 is 5.48 Å². The number of benzene rings is 2. The van der Waals surface area contributed by atoms with Crippen molar-refractivity contribution in [3.8, 4) is 11.5 Å². The Kier molecular flexibility index (Phi) is 4.17. The van der Waals surface area contributed by atoms with Gasteiger partial charge in [-0.15, -0.1) is 0 Å². The molecule has 0 heterocycles. The highest BCUT2D eigenvalue weighted by molar-refractivity contribution is 5.38. The van der Waals surface area contributed by atoms with Crippen LogP contribution >= 0.6 is 0 Å². The Morgan fingerprint density at radius 2 is 1.78 bits per heavy atom. The topological polar surface area (TPSA) is 61.7 Å². The molecular weight excluding hydrogens is 230 g/mol. The highest BCUT2D eigenvalue weighted by Crippen LogP contribution is 2.22. The lowest BCUT2D eigenvalue weighted by molar-refractivity contribution is 0.0231. The SMILES string of the molecule is Oc1ccc(CNOCc2ccccc2)c(O)c1. The van der Waals surface area contributed by atoms with Crippen molar-refractivity contribution in [1.82, 2.24) is 5.48 Å². The minimum Gasteiger partial charge on any atom is -0.508 e. The van der Waals surface area contributed by atoms with Gasteiger partial charge in [-0.3, -0.25) is 4.84 Å². The van der Waals surface area contributed by atoms with Gasteiger partial charge in [0.1, 0.15) is 11.5 Å². The molecule has 0 aliphatic heterocycles. The summed E-state index contributed by atoms with van der Waals surface area (Å²) in [5.41, 5.74) is 4.51. The number of aromatic hydroxyl groups is 2. The van der Waals surface area contributed by atoms with Crippen molar-refractivity contribution in [3.05, 3.63) is 59.7 Å². The highest BCUT2D eigenvalue weighted by Gasteiger charge is 2.01. The summed E-state index contributed by atoms with van der Waals surface area (Å²) in [4.78, 5) is 5.29. The number of hydroxylamine groups is 1. The van der Waals surface area contributed by atoms with Gasteiger partial charge in [-0.1, -0.05) is 36.4 Å². The number of hydrogen-bond acceptors (Lipinski definition) is 4. The quantitative estimate of drug-likeness (QED) is 0.559. The molecule has 4 heteroatoms. The summed E-state index contributed by atoms with van der Waals surface area (Å²) in [6.45, 7) is 0.832. The molecular formula is C14H15NO3. The lowest BCUT2D eigenvalue weighted by atomic mass is 10.2. The molecule has 0 atom stereocenters. The Morgan fingerprint density at radius 3 is 2.50 bits per heavy atom. The van der Waals surface area contributed by atoms with Gasteiger partial charge in [0, 0.05) is 18.2 Å². The number of phenolic OH excluding ortho intramolecular Hbond substituents is 2. The summed E-state index contributed by atoms with van der Waals surface area (Å²) >= 11 is 0. The number of nitrogens with one attached hydrogen (secondary N) is 1. The first-order valence-corrected chi connectivity index (χ1v) is 5.65. The second-order valence-corrected chi connectivity index (χ2v) is 3.91. The lowest BCUT2D eigenvalue weighted by Crippen LogP contribution is -2.13. The first-order valence-electron chi connectivity index (χ1n) is 5.65. The van der Waals surface area contributed by atoms with Crippen LogP contribution in [0.5, 0.6) is 11.5 Å². The molecule has 0 aromatic heterocycles. The van der Waals surface area contributed by atoms with Crippen LogP contribution in [-0.2, 0) is 18.0 Å². The maximum Gasteiger partial charge on any atom is 0.123 e. The van der Waals surface area contributed by atoms with E-state index >= 15 is 0 Å². The third kappa shape index (κ3) is 3.48. The summed E-state index contributed by atoms with van der Waals surface area (Å²) in [6, 6.07) is 14.3. The van der Waals surface area contributed by atoms with Crippen LogP contribution in [0.3, 0.4) is 0 Å². The molecule has 3 N–H and O–H groups in total. The Bertz CT molecular complexity index is 500. The molecule has 0 radical (unpaired) electrons. The average molecular weight is 245 g/mol. The number of hydrogen-bond donors (Lipinski definition) is 3. The maximum atomic E-state index is 9.55. The van der Waals surface area contributed by atoms with Crippen molar-refractivity contribution < 1.29 is 15.1 Å². The van der Waals surface area contributed by atoms with Crippen LogP contribution in [0.1, 0.15) is 11.1 Å². The predicted molar refractivity (Wildman–Crippen MR) is 67.8 cm³/mol. The number of rotatable bonds is 5. The van der Waals surface area contributed by atoms with Crippen LogP contribution in [0.25, 0.3) is 0 Å². The van der Waals surface area contributed by atoms with Crippen molar-refractivity contribution in [2.45, 2.75) is 13.2 Å². The van der Waals surface area contributed by atoms with E-state index in [0.717, 1.165) is 5.56 Å². The molecule has 0 aliphatic rings. The van der Waals surface area contributed by atoms with E-state index in [1.165, 1.54) is 12.1 Å². The Balaban J connectivity index is 1.79. The zero-order valence-electron chi connectivity index (χ0n) is 9.84. The van der Waals surface area contributed by atoms with E-state index in [1.54, 1.807) is 6.07 Å². The Morgan fingerprint density at radius 1 is 1.00 bits per heavy atom. The molecule has 0 amide bonds. The average Bonchev–Trinajstić information content (AvgIpc) is 2.38. The normalized spacial score (nSPS) is 10.4. The van der Waals surface area contributed by atoms with E-state index < -0.39 is 0 Å². The van der Waals surface area contributed by atoms with Crippen LogP contribution in [0.2, 0.25) is 0 Å². The Hall–Kier alpha value is -2.04. The first kappa shape index (κ1) is 12.4. The molecule has 2 rings (SSSR count). The third-order valence-corrected chi connectivity index (χ3v) is 2.52. The molecule has 0 bridgehead atoms. The van der Waals surface area contributed by atoms with Crippen LogP contribution in [0.4, 0.5) is 0 Å². The molecule has 4 nitrogen and oxygen atoms in total. The fourth-order valence-electron chi connectivity index (χ4n) is 1.54. The smallest absolute Gasteiger partial charge is 0.123 e. The third-order valence-electron chi connectivity index (χ3n) is 2.52. The molecule has 0 unspecified atom stereocenters. The van der Waals surface area contributed by atoms with E-state index in [0.29, 0.717) is 18.7 Å². The minimum absolute atomic E-state index is 0.0430. The standard InChI is InChI=1S/C14H15NO3/c16-13-7-6-12(14(17)8-13)9-15-18-10-11-4-2-1-3-5-11/h1-8,15-17H,9-10H2. The molecule has 0 spiro atoms. The zero-order chi connectivity index (χ0) is 12.8. The van der Waals surface area contributed by atoms with Gasteiger partial charge in [-0.2, -0.15) is 5.48 Å². The van der Waals surface area contributed by atoms with Crippen LogP contribution in [0, 0.1) is 0 Å². The largest absolute Gasteiger partial charge is 0.508 e. The van der Waals surface area contributed by atoms with Gasteiger partial charge < -0.3 is 10.2 Å². The van der Waals surface area contributed by atoms with Crippen molar-refractivity contribution in [1.29, 1.82) is 0 Å². The van der Waals surface area contributed by atoms with Crippen LogP contribution in [0.15, 0.2) is 48.5 Å². The van der Waals surface area contributed by atoms with E-state index in [2.05, 4.69) is 5.48 Å².